The maximum absolute atomic E-state index is 14.4. The molecular formula is C19H23FN4O. The summed E-state index contributed by atoms with van der Waals surface area (Å²) >= 11 is 0. The van der Waals surface area contributed by atoms with Crippen LogP contribution < -0.4 is 10.2 Å². The van der Waals surface area contributed by atoms with Crippen LogP contribution in [0.2, 0.25) is 0 Å². The molecule has 1 N–H and O–H groups in total. The van der Waals surface area contributed by atoms with Crippen molar-refractivity contribution < 1.29 is 9.18 Å². The maximum Gasteiger partial charge on any atom is 0.217 e. The minimum atomic E-state index is -1.11. The van der Waals surface area contributed by atoms with E-state index >= 15 is 0 Å². The molecule has 2 aromatic rings. The van der Waals surface area contributed by atoms with Gasteiger partial charge >= 0.3 is 0 Å². The van der Waals surface area contributed by atoms with E-state index in [4.69, 9.17) is 0 Å². The topological polar surface area (TPSA) is 58.1 Å². The van der Waals surface area contributed by atoms with Crippen molar-refractivity contribution in [2.75, 3.05) is 18.0 Å². The quantitative estimate of drug-likeness (QED) is 0.932. The van der Waals surface area contributed by atoms with Crippen molar-refractivity contribution in [2.24, 2.45) is 0 Å². The number of piperidine rings is 1. The number of nitrogens with zero attached hydrogens (tertiary/aromatic N) is 3. The van der Waals surface area contributed by atoms with Crippen molar-refractivity contribution in [1.29, 1.82) is 0 Å². The van der Waals surface area contributed by atoms with Crippen LogP contribution in [0.4, 0.5) is 10.2 Å². The Balaban J connectivity index is 1.78. The van der Waals surface area contributed by atoms with Gasteiger partial charge in [-0.25, -0.2) is 14.4 Å². The first kappa shape index (κ1) is 17.3. The molecule has 6 heteroatoms. The maximum atomic E-state index is 14.4. The number of amides is 1. The fourth-order valence-corrected chi connectivity index (χ4v) is 3.12. The molecule has 1 aromatic carbocycles. The van der Waals surface area contributed by atoms with Gasteiger partial charge in [-0.1, -0.05) is 12.1 Å². The van der Waals surface area contributed by atoms with E-state index in [-0.39, 0.29) is 12.5 Å². The zero-order valence-electron chi connectivity index (χ0n) is 14.8. The lowest BCUT2D eigenvalue weighted by Gasteiger charge is -2.35. The highest BCUT2D eigenvalue weighted by molar-refractivity contribution is 5.73. The predicted molar refractivity (Wildman–Crippen MR) is 96.3 cm³/mol. The fourth-order valence-electron chi connectivity index (χ4n) is 3.12. The number of hydrogen-bond donors (Lipinski definition) is 1. The summed E-state index contributed by atoms with van der Waals surface area (Å²) in [6, 6.07) is 7.69. The second-order valence-corrected chi connectivity index (χ2v) is 6.62. The minimum Gasteiger partial charge on any atom is -0.353 e. The van der Waals surface area contributed by atoms with E-state index in [9.17, 15) is 9.18 Å². The van der Waals surface area contributed by atoms with Gasteiger partial charge in [0.05, 0.1) is 18.3 Å². The molecule has 2 heterocycles. The third-order valence-corrected chi connectivity index (χ3v) is 4.71. The summed E-state index contributed by atoms with van der Waals surface area (Å²) in [5, 5.41) is 2.68. The van der Waals surface area contributed by atoms with Crippen LogP contribution in [0.3, 0.4) is 0 Å². The van der Waals surface area contributed by atoms with Gasteiger partial charge in [-0.2, -0.15) is 0 Å². The van der Waals surface area contributed by atoms with Crippen molar-refractivity contribution in [2.45, 2.75) is 39.4 Å². The largest absolute Gasteiger partial charge is 0.353 e. The molecule has 1 amide bonds. The Hall–Kier alpha value is -2.50. The fraction of sp³-hybridized carbons (Fsp3) is 0.421. The molecule has 3 rings (SSSR count). The lowest BCUT2D eigenvalue weighted by atomic mass is 10.0. The van der Waals surface area contributed by atoms with Crippen LogP contribution in [0.1, 0.15) is 24.5 Å². The zero-order chi connectivity index (χ0) is 18.0. The van der Waals surface area contributed by atoms with Crippen LogP contribution in [0.15, 0.2) is 30.6 Å². The van der Waals surface area contributed by atoms with Crippen molar-refractivity contribution in [3.63, 3.8) is 0 Å². The summed E-state index contributed by atoms with van der Waals surface area (Å²) in [7, 11) is 0. The van der Waals surface area contributed by atoms with Crippen LogP contribution in [0.5, 0.6) is 0 Å². The number of aromatic nitrogens is 2. The smallest absolute Gasteiger partial charge is 0.217 e. The molecule has 0 spiro atoms. The van der Waals surface area contributed by atoms with Gasteiger partial charge in [-0.15, -0.1) is 0 Å². The highest BCUT2D eigenvalue weighted by Gasteiger charge is 2.30. The number of carbonyl (C=O) groups excluding carboxylic acids is 1. The summed E-state index contributed by atoms with van der Waals surface area (Å²) in [6.45, 7) is 6.43. The number of nitrogens with one attached hydrogen (secondary N) is 1. The summed E-state index contributed by atoms with van der Waals surface area (Å²) in [5.41, 5.74) is 4.29. The Labute approximate surface area is 147 Å². The zero-order valence-corrected chi connectivity index (χ0v) is 14.8. The van der Waals surface area contributed by atoms with Crippen molar-refractivity contribution in [1.82, 2.24) is 15.3 Å². The van der Waals surface area contributed by atoms with E-state index in [0.717, 1.165) is 11.3 Å². The summed E-state index contributed by atoms with van der Waals surface area (Å²) in [4.78, 5) is 21.7. The van der Waals surface area contributed by atoms with Gasteiger partial charge in [-0.05, 0) is 37.5 Å². The number of halogens is 1. The molecule has 2 atom stereocenters. The van der Waals surface area contributed by atoms with Crippen LogP contribution in [0, 0.1) is 13.8 Å². The van der Waals surface area contributed by atoms with Crippen LogP contribution >= 0.6 is 0 Å². The van der Waals surface area contributed by atoms with E-state index in [1.165, 1.54) is 24.4 Å². The van der Waals surface area contributed by atoms with E-state index in [0.29, 0.717) is 18.8 Å². The van der Waals surface area contributed by atoms with Crippen molar-refractivity contribution in [3.8, 4) is 11.3 Å². The monoisotopic (exact) mass is 342 g/mol. The molecule has 0 saturated carbocycles. The summed E-state index contributed by atoms with van der Waals surface area (Å²) in [6.07, 6.45) is 0.967. The van der Waals surface area contributed by atoms with Crippen LogP contribution in [-0.2, 0) is 4.79 Å². The normalized spacial score (nSPS) is 20.4. The Morgan fingerprint density at radius 3 is 2.72 bits per heavy atom. The van der Waals surface area contributed by atoms with Gasteiger partial charge < -0.3 is 10.2 Å². The van der Waals surface area contributed by atoms with Gasteiger partial charge in [0.2, 0.25) is 5.91 Å². The van der Waals surface area contributed by atoms with Crippen molar-refractivity contribution in [3.05, 3.63) is 41.7 Å². The first-order valence-electron chi connectivity index (χ1n) is 8.50. The molecule has 1 fully saturated rings. The van der Waals surface area contributed by atoms with Crippen LogP contribution in [0.25, 0.3) is 11.3 Å². The molecular weight excluding hydrogens is 319 g/mol. The summed E-state index contributed by atoms with van der Waals surface area (Å²) in [5.74, 6) is 0.521. The van der Waals surface area contributed by atoms with Gasteiger partial charge in [-0.3, -0.25) is 4.79 Å². The molecule has 1 aliphatic heterocycles. The molecule has 5 nitrogen and oxygen atoms in total. The highest BCUT2D eigenvalue weighted by atomic mass is 19.1. The average Bonchev–Trinajstić information content (AvgIpc) is 2.59. The van der Waals surface area contributed by atoms with Gasteiger partial charge in [0.15, 0.2) is 0 Å². The Morgan fingerprint density at radius 1 is 1.24 bits per heavy atom. The third-order valence-electron chi connectivity index (χ3n) is 4.71. The molecule has 1 aromatic heterocycles. The molecule has 0 radical (unpaired) electrons. The van der Waals surface area contributed by atoms with Gasteiger partial charge in [0, 0.05) is 25.1 Å². The lowest BCUT2D eigenvalue weighted by molar-refractivity contribution is -0.120. The molecule has 132 valence electrons. The third kappa shape index (κ3) is 3.95. The Bertz CT molecular complexity index is 780. The number of aryl methyl sites for hydroxylation is 2. The summed E-state index contributed by atoms with van der Waals surface area (Å²) < 4.78 is 14.4. The highest BCUT2D eigenvalue weighted by Crippen LogP contribution is 2.25. The number of anilines is 1. The van der Waals surface area contributed by atoms with Gasteiger partial charge in [0.25, 0.3) is 0 Å². The first-order valence-corrected chi connectivity index (χ1v) is 8.50. The number of rotatable bonds is 3. The minimum absolute atomic E-state index is 0.194. The van der Waals surface area contributed by atoms with Gasteiger partial charge in [0.1, 0.15) is 18.3 Å². The van der Waals surface area contributed by atoms with E-state index < -0.39 is 12.2 Å². The number of alkyl halides is 1. The number of hydrogen-bond acceptors (Lipinski definition) is 4. The standard InChI is InChI=1S/C19H23FN4O/c1-12-4-5-15(8-13(12)2)18-9-19(22-11-21-18)24-7-6-17(16(20)10-24)23-14(3)25/h4-5,8-9,11,16-17H,6-7,10H2,1-3H3,(H,23,25)/t16-,17-/m0/s1. The van der Waals surface area contributed by atoms with Crippen LogP contribution in [-0.4, -0.2) is 41.2 Å². The first-order chi connectivity index (χ1) is 11.9. The average molecular weight is 342 g/mol. The number of carbonyl (C=O) groups is 1. The Morgan fingerprint density at radius 2 is 2.04 bits per heavy atom. The molecule has 0 aliphatic carbocycles. The van der Waals surface area contributed by atoms with E-state index in [1.807, 2.05) is 17.0 Å². The van der Waals surface area contributed by atoms with E-state index in [2.05, 4.69) is 41.3 Å². The SMILES string of the molecule is CC(=O)N[C@H]1CCN(c2cc(-c3ccc(C)c(C)c3)ncn2)C[C@@H]1F. The second kappa shape index (κ2) is 7.17. The van der Waals surface area contributed by atoms with E-state index in [1.54, 1.807) is 0 Å². The molecule has 1 saturated heterocycles. The molecule has 25 heavy (non-hydrogen) atoms. The Kier molecular flexibility index (Phi) is 4.97. The molecule has 0 unspecified atom stereocenters. The number of benzene rings is 1. The molecule has 0 bridgehead atoms. The predicted octanol–water partition coefficient (Wildman–Crippen LogP) is 2.81. The van der Waals surface area contributed by atoms with Crippen molar-refractivity contribution >= 4 is 11.7 Å². The second-order valence-electron chi connectivity index (χ2n) is 6.62. The molecule has 1 aliphatic rings. The lowest BCUT2D eigenvalue weighted by Crippen LogP contribution is -2.52.